The number of guanidine groups is 1. The summed E-state index contributed by atoms with van der Waals surface area (Å²) in [5.41, 5.74) is 1.48. The first kappa shape index (κ1) is 28.4. The van der Waals surface area contributed by atoms with Crippen LogP contribution < -0.4 is 20.7 Å². The van der Waals surface area contributed by atoms with Gasteiger partial charge in [-0.15, -0.1) is 0 Å². The predicted molar refractivity (Wildman–Crippen MR) is 150 cm³/mol. The molecule has 0 fully saturated rings. The van der Waals surface area contributed by atoms with Crippen molar-refractivity contribution >= 4 is 18.0 Å². The second-order valence-corrected chi connectivity index (χ2v) is 11.5. The van der Waals surface area contributed by atoms with Gasteiger partial charge in [0.1, 0.15) is 23.6 Å². The minimum absolute atomic E-state index is 0.0790. The van der Waals surface area contributed by atoms with Gasteiger partial charge < -0.3 is 25.2 Å². The largest absolute Gasteiger partial charge is 0.490 e. The van der Waals surface area contributed by atoms with Gasteiger partial charge >= 0.3 is 6.09 Å². The Labute approximate surface area is 230 Å². The monoisotopic (exact) mass is 536 g/mol. The number of alkyl carbamates (subject to hydrolysis) is 1. The molecule has 0 bridgehead atoms. The molecule has 4 N–H and O–H groups in total. The van der Waals surface area contributed by atoms with Crippen LogP contribution in [0.1, 0.15) is 93.0 Å². The van der Waals surface area contributed by atoms with Crippen LogP contribution in [0, 0.1) is 0 Å². The van der Waals surface area contributed by atoms with E-state index in [1.165, 1.54) is 0 Å². The second kappa shape index (κ2) is 11.7. The summed E-state index contributed by atoms with van der Waals surface area (Å²) in [6, 6.07) is 12.4. The maximum atomic E-state index is 13.5. The van der Waals surface area contributed by atoms with E-state index in [1.807, 2.05) is 70.2 Å². The molecule has 0 saturated heterocycles. The van der Waals surface area contributed by atoms with Crippen molar-refractivity contribution in [3.8, 4) is 5.75 Å². The third kappa shape index (κ3) is 7.09. The average molecular weight is 537 g/mol. The van der Waals surface area contributed by atoms with Gasteiger partial charge in [-0.2, -0.15) is 0 Å². The van der Waals surface area contributed by atoms with Gasteiger partial charge in [0.05, 0.1) is 12.1 Å². The Kier molecular flexibility index (Phi) is 8.49. The van der Waals surface area contributed by atoms with Gasteiger partial charge in [-0.05, 0) is 82.7 Å². The number of carbonyl (C=O) groups excluding carboxylic acids is 2. The van der Waals surface area contributed by atoms with Crippen LogP contribution in [0.25, 0.3) is 0 Å². The van der Waals surface area contributed by atoms with E-state index in [-0.39, 0.29) is 18.6 Å². The molecule has 0 saturated carbocycles. The summed E-state index contributed by atoms with van der Waals surface area (Å²) in [4.78, 5) is 30.4. The fourth-order valence-corrected chi connectivity index (χ4v) is 4.94. The zero-order chi connectivity index (χ0) is 28.2. The topological polar surface area (TPSA) is 121 Å². The summed E-state index contributed by atoms with van der Waals surface area (Å²) < 4.78 is 11.1. The molecule has 2 aliphatic rings. The van der Waals surface area contributed by atoms with Crippen molar-refractivity contribution < 1.29 is 24.2 Å². The Morgan fingerprint density at radius 3 is 2.67 bits per heavy atom. The summed E-state index contributed by atoms with van der Waals surface area (Å²) in [6.07, 6.45) is 2.94. The molecular weight excluding hydrogens is 496 g/mol. The first-order valence-electron chi connectivity index (χ1n) is 13.7. The van der Waals surface area contributed by atoms with E-state index in [2.05, 4.69) is 20.9 Å². The van der Waals surface area contributed by atoms with Gasteiger partial charge in [-0.25, -0.2) is 4.79 Å². The molecule has 2 aromatic rings. The molecular formula is C30H40N4O5. The van der Waals surface area contributed by atoms with E-state index in [0.29, 0.717) is 23.8 Å². The van der Waals surface area contributed by atoms with Crippen LogP contribution in [-0.4, -0.2) is 47.4 Å². The number of amides is 2. The molecule has 210 valence electrons. The zero-order valence-electron chi connectivity index (χ0n) is 23.5. The maximum Gasteiger partial charge on any atom is 0.414 e. The number of benzene rings is 2. The molecule has 0 spiro atoms. The van der Waals surface area contributed by atoms with Crippen molar-refractivity contribution in [3.63, 3.8) is 0 Å². The number of rotatable bonds is 5. The lowest BCUT2D eigenvalue weighted by Crippen LogP contribution is -2.50. The number of fused-ring (bicyclic) bond motifs is 2. The number of carbonyl (C=O) groups is 2. The Balaban J connectivity index is 1.55. The standard InChI is InChI=1S/C30H40N4O5/c1-6-16-31-27(34-28(36)39-29(2,3)4)32-23-12-9-10-19-14-15-20(17-22(19)23)26(35)33-25-21-11-7-8-13-24(21)38-18-30(25,5)37/h7-8,11,13-15,17,23,25,37H,6,9-10,12,16,18H2,1-5H3,(H,33,35)(H2,31,32,34,36)/t23-,25-,30-/m1/s1. The molecule has 2 amide bonds. The van der Waals surface area contributed by atoms with Crippen LogP contribution in [0.4, 0.5) is 4.79 Å². The molecule has 39 heavy (non-hydrogen) atoms. The number of nitrogens with zero attached hydrogens (tertiary/aromatic N) is 1. The summed E-state index contributed by atoms with van der Waals surface area (Å²) in [5, 5.41) is 20.2. The summed E-state index contributed by atoms with van der Waals surface area (Å²) in [5.74, 6) is 0.727. The number of para-hydroxylation sites is 1. The second-order valence-electron chi connectivity index (χ2n) is 11.5. The van der Waals surface area contributed by atoms with Crippen LogP contribution in [0.5, 0.6) is 5.75 Å². The lowest BCUT2D eigenvalue weighted by molar-refractivity contribution is -0.0341. The molecule has 2 aromatic carbocycles. The fraction of sp³-hybridized carbons (Fsp3) is 0.500. The van der Waals surface area contributed by atoms with Crippen LogP contribution in [0.15, 0.2) is 47.5 Å². The minimum Gasteiger partial charge on any atom is -0.490 e. The molecule has 1 aliphatic heterocycles. The summed E-state index contributed by atoms with van der Waals surface area (Å²) >= 11 is 0. The molecule has 0 aromatic heterocycles. The first-order chi connectivity index (χ1) is 18.5. The molecule has 0 unspecified atom stereocenters. The molecule has 1 heterocycles. The van der Waals surface area contributed by atoms with Crippen molar-refractivity contribution in [2.24, 2.45) is 4.99 Å². The highest BCUT2D eigenvalue weighted by molar-refractivity contribution is 5.96. The highest BCUT2D eigenvalue weighted by Crippen LogP contribution is 2.38. The lowest BCUT2D eigenvalue weighted by Gasteiger charge is -2.38. The Hall–Kier alpha value is -3.59. The van der Waals surface area contributed by atoms with E-state index in [0.717, 1.165) is 42.4 Å². The molecule has 3 atom stereocenters. The third-order valence-electron chi connectivity index (χ3n) is 6.79. The van der Waals surface area contributed by atoms with Gasteiger partial charge in [-0.3, -0.25) is 15.1 Å². The molecule has 1 aliphatic carbocycles. The van der Waals surface area contributed by atoms with Crippen LogP contribution in [-0.2, 0) is 11.2 Å². The number of hydrogen-bond donors (Lipinski definition) is 4. The van der Waals surface area contributed by atoms with E-state index < -0.39 is 23.3 Å². The van der Waals surface area contributed by atoms with E-state index in [4.69, 9.17) is 9.47 Å². The number of ether oxygens (including phenoxy) is 2. The third-order valence-corrected chi connectivity index (χ3v) is 6.79. The van der Waals surface area contributed by atoms with Crippen LogP contribution in [0.2, 0.25) is 0 Å². The average Bonchev–Trinajstić information content (AvgIpc) is 2.87. The SMILES string of the molecule is CCCN=C(NC(=O)OC(C)(C)C)N[C@@H]1CCCc2ccc(C(=O)N[C@@H]3c4ccccc4OC[C@@]3(C)O)cc21. The smallest absolute Gasteiger partial charge is 0.414 e. The molecule has 9 nitrogen and oxygen atoms in total. The Morgan fingerprint density at radius 2 is 1.92 bits per heavy atom. The normalized spacial score (nSPS) is 22.6. The van der Waals surface area contributed by atoms with E-state index in [9.17, 15) is 14.7 Å². The van der Waals surface area contributed by atoms with Gasteiger partial charge in [0.15, 0.2) is 0 Å². The molecule has 4 rings (SSSR count). The highest BCUT2D eigenvalue weighted by Gasteiger charge is 2.40. The number of hydrogen-bond acceptors (Lipinski definition) is 6. The van der Waals surface area contributed by atoms with Crippen molar-refractivity contribution in [1.29, 1.82) is 0 Å². The van der Waals surface area contributed by atoms with Crippen molar-refractivity contribution in [2.75, 3.05) is 13.2 Å². The minimum atomic E-state index is -1.26. The van der Waals surface area contributed by atoms with Gasteiger partial charge in [0, 0.05) is 17.7 Å². The van der Waals surface area contributed by atoms with Gasteiger partial charge in [-0.1, -0.05) is 31.2 Å². The van der Waals surface area contributed by atoms with Gasteiger partial charge in [0.25, 0.3) is 5.91 Å². The van der Waals surface area contributed by atoms with Crippen LogP contribution >= 0.6 is 0 Å². The number of nitrogens with one attached hydrogen (secondary N) is 3. The molecule has 9 heteroatoms. The predicted octanol–water partition coefficient (Wildman–Crippen LogP) is 4.56. The maximum absolute atomic E-state index is 13.5. The van der Waals surface area contributed by atoms with Gasteiger partial charge in [0.2, 0.25) is 5.96 Å². The van der Waals surface area contributed by atoms with Crippen molar-refractivity contribution in [2.45, 2.75) is 83.6 Å². The first-order valence-corrected chi connectivity index (χ1v) is 13.7. The van der Waals surface area contributed by atoms with E-state index >= 15 is 0 Å². The fourth-order valence-electron chi connectivity index (χ4n) is 4.94. The summed E-state index contributed by atoms with van der Waals surface area (Å²) in [7, 11) is 0. The number of aliphatic imine (C=N–C) groups is 1. The summed E-state index contributed by atoms with van der Waals surface area (Å²) in [6.45, 7) is 9.74. The Morgan fingerprint density at radius 1 is 1.15 bits per heavy atom. The highest BCUT2D eigenvalue weighted by atomic mass is 16.6. The van der Waals surface area contributed by atoms with Crippen molar-refractivity contribution in [3.05, 3.63) is 64.7 Å². The van der Waals surface area contributed by atoms with Crippen molar-refractivity contribution in [1.82, 2.24) is 16.0 Å². The zero-order valence-corrected chi connectivity index (χ0v) is 23.5. The quantitative estimate of drug-likeness (QED) is 0.328. The number of aliphatic hydroxyl groups is 1. The Bertz CT molecular complexity index is 1230. The van der Waals surface area contributed by atoms with E-state index in [1.54, 1.807) is 6.92 Å². The van der Waals surface area contributed by atoms with Crippen LogP contribution in [0.3, 0.4) is 0 Å². The lowest BCUT2D eigenvalue weighted by atomic mass is 9.85. The molecule has 0 radical (unpaired) electrons. The number of aryl methyl sites for hydroxylation is 1.